The van der Waals surface area contributed by atoms with Gasteiger partial charge in [-0.2, -0.15) is 0 Å². The third-order valence-corrected chi connectivity index (χ3v) is 7.84. The number of hydrogen-bond donors (Lipinski definition) is 1. The number of halogens is 1. The van der Waals surface area contributed by atoms with Crippen molar-refractivity contribution in [3.05, 3.63) is 65.4 Å². The molecule has 0 aliphatic carbocycles. The molecule has 1 aliphatic rings. The minimum atomic E-state index is -3.86. The van der Waals surface area contributed by atoms with Crippen molar-refractivity contribution in [2.24, 2.45) is 0 Å². The van der Waals surface area contributed by atoms with Crippen LogP contribution in [0, 0.1) is 5.82 Å². The lowest BCUT2D eigenvalue weighted by atomic mass is 10.2. The maximum absolute atomic E-state index is 13.1. The predicted molar refractivity (Wildman–Crippen MR) is 129 cm³/mol. The summed E-state index contributed by atoms with van der Waals surface area (Å²) in [7, 11) is -2.21. The lowest BCUT2D eigenvalue weighted by Gasteiger charge is -2.36. The van der Waals surface area contributed by atoms with E-state index >= 15 is 0 Å². The summed E-state index contributed by atoms with van der Waals surface area (Å²) >= 11 is 1.14. The van der Waals surface area contributed by atoms with E-state index in [1.807, 2.05) is 29.2 Å². The quantitative estimate of drug-likeness (QED) is 0.506. The van der Waals surface area contributed by atoms with Gasteiger partial charge in [-0.05, 0) is 42.8 Å². The van der Waals surface area contributed by atoms with Crippen LogP contribution in [-0.2, 0) is 21.2 Å². The number of para-hydroxylation sites is 2. The van der Waals surface area contributed by atoms with E-state index in [2.05, 4.69) is 14.6 Å². The van der Waals surface area contributed by atoms with Crippen LogP contribution in [0.3, 0.4) is 0 Å². The fourth-order valence-electron chi connectivity index (χ4n) is 3.74. The summed E-state index contributed by atoms with van der Waals surface area (Å²) in [5.74, 6) is 0.346. The zero-order chi connectivity index (χ0) is 24.1. The van der Waals surface area contributed by atoms with E-state index in [9.17, 15) is 17.6 Å². The number of nitrogens with one attached hydrogen (secondary N) is 1. The topological polar surface area (TPSA) is 91.8 Å². The van der Waals surface area contributed by atoms with Crippen LogP contribution in [0.15, 0.2) is 58.8 Å². The lowest BCUT2D eigenvalue weighted by Crippen LogP contribution is -2.48. The van der Waals surface area contributed by atoms with Crippen molar-refractivity contribution in [2.75, 3.05) is 42.9 Å². The number of hydrogen-bond acceptors (Lipinski definition) is 7. The Morgan fingerprint density at radius 1 is 1.12 bits per heavy atom. The second-order valence-corrected chi connectivity index (χ2v) is 10.3. The van der Waals surface area contributed by atoms with Gasteiger partial charge < -0.3 is 14.5 Å². The molecular weight excluding hydrogens is 479 g/mol. The van der Waals surface area contributed by atoms with E-state index < -0.39 is 15.8 Å². The number of aryl methyl sites for hydroxylation is 1. The van der Waals surface area contributed by atoms with Gasteiger partial charge in [-0.1, -0.05) is 12.1 Å². The van der Waals surface area contributed by atoms with Crippen LogP contribution in [0.4, 0.5) is 15.2 Å². The molecule has 3 aromatic rings. The maximum atomic E-state index is 13.1. The fourth-order valence-corrected chi connectivity index (χ4v) is 5.73. The molecule has 180 valence electrons. The van der Waals surface area contributed by atoms with Crippen molar-refractivity contribution < 1.29 is 22.3 Å². The number of benzene rings is 2. The van der Waals surface area contributed by atoms with Crippen LogP contribution in [-0.4, -0.2) is 57.5 Å². The van der Waals surface area contributed by atoms with Crippen molar-refractivity contribution in [1.82, 2.24) is 9.88 Å². The summed E-state index contributed by atoms with van der Waals surface area (Å²) in [6.45, 7) is 2.68. The van der Waals surface area contributed by atoms with Crippen LogP contribution in [0.1, 0.15) is 12.1 Å². The van der Waals surface area contributed by atoms with Crippen molar-refractivity contribution >= 4 is 38.1 Å². The van der Waals surface area contributed by atoms with Crippen LogP contribution >= 0.6 is 11.3 Å². The Morgan fingerprint density at radius 3 is 2.53 bits per heavy atom. The molecule has 1 fully saturated rings. The van der Waals surface area contributed by atoms with Gasteiger partial charge in [0.05, 0.1) is 23.4 Å². The van der Waals surface area contributed by atoms with Crippen LogP contribution in [0.5, 0.6) is 5.75 Å². The van der Waals surface area contributed by atoms with Crippen molar-refractivity contribution in [3.63, 3.8) is 0 Å². The first kappa shape index (κ1) is 24.0. The number of ether oxygens (including phenoxy) is 1. The van der Waals surface area contributed by atoms with Gasteiger partial charge in [0.2, 0.25) is 5.91 Å². The van der Waals surface area contributed by atoms with E-state index in [0.717, 1.165) is 48.0 Å². The molecule has 1 N–H and O–H groups in total. The highest BCUT2D eigenvalue weighted by molar-refractivity contribution is 7.93. The van der Waals surface area contributed by atoms with Crippen molar-refractivity contribution in [2.45, 2.75) is 17.7 Å². The summed E-state index contributed by atoms with van der Waals surface area (Å²) in [5, 5.41) is 1.94. The smallest absolute Gasteiger partial charge is 0.263 e. The number of rotatable bonds is 8. The number of sulfonamides is 1. The Labute approximate surface area is 202 Å². The monoisotopic (exact) mass is 504 g/mol. The molecule has 1 aliphatic heterocycles. The van der Waals surface area contributed by atoms with Crippen LogP contribution in [0.25, 0.3) is 0 Å². The van der Waals surface area contributed by atoms with Crippen molar-refractivity contribution in [1.29, 1.82) is 0 Å². The molecule has 1 aromatic heterocycles. The average Bonchev–Trinajstić information content (AvgIpc) is 3.29. The van der Waals surface area contributed by atoms with Gasteiger partial charge in [0.1, 0.15) is 11.6 Å². The number of amides is 1. The molecule has 8 nitrogen and oxygen atoms in total. The number of aromatic nitrogens is 1. The van der Waals surface area contributed by atoms with Gasteiger partial charge in [0.25, 0.3) is 10.0 Å². The largest absolute Gasteiger partial charge is 0.495 e. The van der Waals surface area contributed by atoms with E-state index in [1.54, 1.807) is 12.5 Å². The van der Waals surface area contributed by atoms with Gasteiger partial charge >= 0.3 is 0 Å². The van der Waals surface area contributed by atoms with Gasteiger partial charge in [-0.15, -0.1) is 11.3 Å². The van der Waals surface area contributed by atoms with Gasteiger partial charge in [-0.3, -0.25) is 9.52 Å². The lowest BCUT2D eigenvalue weighted by molar-refractivity contribution is -0.131. The number of methoxy groups -OCH3 is 1. The van der Waals surface area contributed by atoms with Gasteiger partial charge in [-0.25, -0.2) is 17.8 Å². The number of carbonyl (C=O) groups excluding carboxylic acids is 1. The maximum Gasteiger partial charge on any atom is 0.263 e. The number of piperazine rings is 1. The Morgan fingerprint density at radius 2 is 1.82 bits per heavy atom. The summed E-state index contributed by atoms with van der Waals surface area (Å²) in [5.41, 5.74) is 1.66. The summed E-state index contributed by atoms with van der Waals surface area (Å²) in [6.07, 6.45) is 0.711. The summed E-state index contributed by atoms with van der Waals surface area (Å²) in [4.78, 5) is 21.0. The number of thiazole rings is 1. The van der Waals surface area contributed by atoms with Gasteiger partial charge in [0, 0.05) is 38.0 Å². The molecule has 0 saturated carbocycles. The van der Waals surface area contributed by atoms with E-state index in [-0.39, 0.29) is 15.9 Å². The standard InChI is InChI=1S/C23H25FN4O4S2/c1-32-21-5-3-2-4-20(21)27-12-14-28(15-13-27)22(29)11-8-18-16-33-23(25-18)26-34(30,31)19-9-6-17(24)7-10-19/h2-7,9-10,16H,8,11-15H2,1H3,(H,25,26). The molecule has 0 atom stereocenters. The third kappa shape index (κ3) is 5.65. The molecule has 1 amide bonds. The molecule has 11 heteroatoms. The zero-order valence-corrected chi connectivity index (χ0v) is 20.2. The normalized spacial score (nSPS) is 14.2. The predicted octanol–water partition coefficient (Wildman–Crippen LogP) is 3.37. The summed E-state index contributed by atoms with van der Waals surface area (Å²) in [6, 6.07) is 12.4. The molecule has 0 bridgehead atoms. The SMILES string of the molecule is COc1ccccc1N1CCN(C(=O)CCc2csc(NS(=O)(=O)c3ccc(F)cc3)n2)CC1. The van der Waals surface area contributed by atoms with E-state index in [4.69, 9.17) is 4.74 Å². The molecule has 2 aromatic carbocycles. The molecule has 34 heavy (non-hydrogen) atoms. The van der Waals surface area contributed by atoms with Gasteiger partial charge in [0.15, 0.2) is 5.13 Å². The molecule has 0 unspecified atom stereocenters. The highest BCUT2D eigenvalue weighted by atomic mass is 32.2. The van der Waals surface area contributed by atoms with Crippen molar-refractivity contribution in [3.8, 4) is 5.75 Å². The number of anilines is 2. The second kappa shape index (κ2) is 10.4. The highest BCUT2D eigenvalue weighted by Gasteiger charge is 2.23. The number of carbonyl (C=O) groups is 1. The van der Waals surface area contributed by atoms with Crippen LogP contribution in [0.2, 0.25) is 0 Å². The Kier molecular flexibility index (Phi) is 7.32. The average molecular weight is 505 g/mol. The highest BCUT2D eigenvalue weighted by Crippen LogP contribution is 2.28. The molecule has 0 spiro atoms. The number of nitrogens with zero attached hydrogens (tertiary/aromatic N) is 3. The fraction of sp³-hybridized carbons (Fsp3) is 0.304. The molecule has 2 heterocycles. The summed E-state index contributed by atoms with van der Waals surface area (Å²) < 4.78 is 45.7. The Balaban J connectivity index is 1.28. The first-order valence-electron chi connectivity index (χ1n) is 10.7. The minimum absolute atomic E-state index is 0.0427. The minimum Gasteiger partial charge on any atom is -0.495 e. The molecule has 0 radical (unpaired) electrons. The first-order valence-corrected chi connectivity index (χ1v) is 13.1. The Bertz CT molecular complexity index is 1240. The molecule has 1 saturated heterocycles. The zero-order valence-electron chi connectivity index (χ0n) is 18.6. The Hall–Kier alpha value is -3.18. The van der Waals surface area contributed by atoms with E-state index in [0.29, 0.717) is 31.6 Å². The molecule has 4 rings (SSSR count). The van der Waals surface area contributed by atoms with Crippen LogP contribution < -0.4 is 14.4 Å². The third-order valence-electron chi connectivity index (χ3n) is 5.55. The molecular formula is C23H25FN4O4S2. The first-order chi connectivity index (χ1) is 16.4. The second-order valence-electron chi connectivity index (χ2n) is 7.74. The van der Waals surface area contributed by atoms with E-state index in [1.165, 1.54) is 12.1 Å².